The number of aromatic amines is 1. The molecule has 4 heteroatoms. The van der Waals surface area contributed by atoms with Gasteiger partial charge in [0.15, 0.2) is 0 Å². The van der Waals surface area contributed by atoms with Crippen LogP contribution in [0.25, 0.3) is 0 Å². The summed E-state index contributed by atoms with van der Waals surface area (Å²) in [6.45, 7) is 4.03. The van der Waals surface area contributed by atoms with Crippen molar-refractivity contribution >= 4 is 5.91 Å². The third-order valence-corrected chi connectivity index (χ3v) is 3.27. The van der Waals surface area contributed by atoms with Crippen LogP contribution < -0.4 is 10.9 Å². The summed E-state index contributed by atoms with van der Waals surface area (Å²) in [5, 5.41) is 2.89. The normalized spacial score (nSPS) is 11.9. The van der Waals surface area contributed by atoms with Crippen molar-refractivity contribution in [2.75, 3.05) is 0 Å². The summed E-state index contributed by atoms with van der Waals surface area (Å²) in [7, 11) is 0. The molecule has 0 radical (unpaired) electrons. The number of benzene rings is 1. The number of carbonyl (C=O) groups is 1. The lowest BCUT2D eigenvalue weighted by molar-refractivity contribution is 0.0939. The van der Waals surface area contributed by atoms with Crippen LogP contribution in [0.1, 0.15) is 41.4 Å². The molecule has 1 heterocycles. The van der Waals surface area contributed by atoms with E-state index in [1.807, 2.05) is 19.1 Å². The Hall–Kier alpha value is -2.36. The summed E-state index contributed by atoms with van der Waals surface area (Å²) in [5.41, 5.74) is 2.39. The Kier molecular flexibility index (Phi) is 4.35. The van der Waals surface area contributed by atoms with Gasteiger partial charge in [0.2, 0.25) is 5.56 Å². The zero-order valence-corrected chi connectivity index (χ0v) is 11.6. The van der Waals surface area contributed by atoms with E-state index in [9.17, 15) is 9.59 Å². The first kappa shape index (κ1) is 14.1. The minimum atomic E-state index is -0.280. The van der Waals surface area contributed by atoms with E-state index in [2.05, 4.69) is 29.4 Å². The number of H-pyrrole nitrogens is 1. The van der Waals surface area contributed by atoms with Crippen LogP contribution in [0.15, 0.2) is 47.4 Å². The van der Waals surface area contributed by atoms with E-state index in [1.54, 1.807) is 6.07 Å². The zero-order valence-electron chi connectivity index (χ0n) is 11.6. The molecule has 4 nitrogen and oxygen atoms in total. The van der Waals surface area contributed by atoms with Gasteiger partial charge in [0.25, 0.3) is 5.91 Å². The first-order chi connectivity index (χ1) is 9.60. The second-order valence-corrected chi connectivity index (χ2v) is 4.73. The number of aryl methyl sites for hydroxylation is 1. The maximum absolute atomic E-state index is 12.0. The molecule has 0 aliphatic heterocycles. The van der Waals surface area contributed by atoms with Gasteiger partial charge in [0.1, 0.15) is 0 Å². The van der Waals surface area contributed by atoms with E-state index in [0.717, 1.165) is 12.0 Å². The van der Waals surface area contributed by atoms with Crippen LogP contribution in [-0.4, -0.2) is 10.9 Å². The second-order valence-electron chi connectivity index (χ2n) is 4.73. The van der Waals surface area contributed by atoms with Gasteiger partial charge < -0.3 is 10.3 Å². The summed E-state index contributed by atoms with van der Waals surface area (Å²) >= 11 is 0. The van der Waals surface area contributed by atoms with Crippen LogP contribution in [0.3, 0.4) is 0 Å². The van der Waals surface area contributed by atoms with E-state index in [1.165, 1.54) is 17.8 Å². The Labute approximate surface area is 117 Å². The van der Waals surface area contributed by atoms with Crippen LogP contribution >= 0.6 is 0 Å². The molecule has 2 rings (SSSR count). The second kappa shape index (κ2) is 6.19. The third-order valence-electron chi connectivity index (χ3n) is 3.27. The lowest BCUT2D eigenvalue weighted by Crippen LogP contribution is -2.27. The smallest absolute Gasteiger partial charge is 0.252 e. The fraction of sp³-hybridized carbons (Fsp3) is 0.250. The first-order valence-electron chi connectivity index (χ1n) is 6.68. The molecule has 1 unspecified atom stereocenters. The summed E-state index contributed by atoms with van der Waals surface area (Å²) < 4.78 is 0. The summed E-state index contributed by atoms with van der Waals surface area (Å²) in [6, 6.07) is 10.9. The summed E-state index contributed by atoms with van der Waals surface area (Å²) in [6.07, 6.45) is 2.46. The van der Waals surface area contributed by atoms with E-state index < -0.39 is 0 Å². The number of aromatic nitrogens is 1. The molecule has 0 saturated carbocycles. The van der Waals surface area contributed by atoms with Crippen molar-refractivity contribution in [1.29, 1.82) is 0 Å². The predicted molar refractivity (Wildman–Crippen MR) is 78.8 cm³/mol. The maximum Gasteiger partial charge on any atom is 0.252 e. The molecular formula is C16H18N2O2. The van der Waals surface area contributed by atoms with Gasteiger partial charge in [-0.25, -0.2) is 0 Å². The fourth-order valence-corrected chi connectivity index (χ4v) is 1.99. The van der Waals surface area contributed by atoms with Gasteiger partial charge in [0.05, 0.1) is 6.04 Å². The minimum absolute atomic E-state index is 0.104. The monoisotopic (exact) mass is 270 g/mol. The molecule has 1 aromatic carbocycles. The van der Waals surface area contributed by atoms with Crippen LogP contribution in [0.5, 0.6) is 0 Å². The number of carbonyl (C=O) groups excluding carboxylic acids is 1. The van der Waals surface area contributed by atoms with E-state index in [-0.39, 0.29) is 17.5 Å². The molecule has 20 heavy (non-hydrogen) atoms. The molecular weight excluding hydrogens is 252 g/mol. The van der Waals surface area contributed by atoms with Crippen LogP contribution in [-0.2, 0) is 6.42 Å². The van der Waals surface area contributed by atoms with Gasteiger partial charge in [-0.1, -0.05) is 31.2 Å². The number of amides is 1. The Morgan fingerprint density at radius 2 is 1.95 bits per heavy atom. The lowest BCUT2D eigenvalue weighted by atomic mass is 10.0. The van der Waals surface area contributed by atoms with Gasteiger partial charge in [-0.05, 0) is 30.5 Å². The molecule has 0 fully saturated rings. The van der Waals surface area contributed by atoms with Gasteiger partial charge in [-0.15, -0.1) is 0 Å². The first-order valence-corrected chi connectivity index (χ1v) is 6.68. The standard InChI is InChI=1S/C16H18N2O2/c1-3-12-4-6-13(7-5-12)11(2)18-16(20)14-8-9-17-15(19)10-14/h4-11H,3H2,1-2H3,(H,17,19)(H,18,20). The quantitative estimate of drug-likeness (QED) is 0.896. The van der Waals surface area contributed by atoms with Crippen molar-refractivity contribution in [2.24, 2.45) is 0 Å². The van der Waals surface area contributed by atoms with Crippen LogP contribution in [0.2, 0.25) is 0 Å². The number of nitrogens with one attached hydrogen (secondary N) is 2. The average Bonchev–Trinajstić information content (AvgIpc) is 2.47. The summed E-state index contributed by atoms with van der Waals surface area (Å²) in [4.78, 5) is 25.7. The van der Waals surface area contributed by atoms with Crippen molar-refractivity contribution in [2.45, 2.75) is 26.3 Å². The highest BCUT2D eigenvalue weighted by Crippen LogP contribution is 2.14. The molecule has 0 bridgehead atoms. The maximum atomic E-state index is 12.0. The molecule has 1 aromatic heterocycles. The van der Waals surface area contributed by atoms with Crippen molar-refractivity contribution in [3.63, 3.8) is 0 Å². The molecule has 0 aliphatic carbocycles. The van der Waals surface area contributed by atoms with Crippen molar-refractivity contribution < 1.29 is 4.79 Å². The fourth-order valence-electron chi connectivity index (χ4n) is 1.99. The molecule has 2 aromatic rings. The Morgan fingerprint density at radius 1 is 1.25 bits per heavy atom. The van der Waals surface area contributed by atoms with Gasteiger partial charge in [0, 0.05) is 17.8 Å². The Bertz CT molecular complexity index is 644. The lowest BCUT2D eigenvalue weighted by Gasteiger charge is -2.14. The molecule has 0 spiro atoms. The topological polar surface area (TPSA) is 62.0 Å². The highest BCUT2D eigenvalue weighted by Gasteiger charge is 2.11. The van der Waals surface area contributed by atoms with Crippen molar-refractivity contribution in [1.82, 2.24) is 10.3 Å². The summed E-state index contributed by atoms with van der Waals surface area (Å²) in [5.74, 6) is -0.247. The largest absolute Gasteiger partial charge is 0.346 e. The molecule has 104 valence electrons. The molecule has 0 saturated heterocycles. The van der Waals surface area contributed by atoms with Crippen LogP contribution in [0.4, 0.5) is 0 Å². The van der Waals surface area contributed by atoms with Gasteiger partial charge in [-0.2, -0.15) is 0 Å². The molecule has 1 atom stereocenters. The van der Waals surface area contributed by atoms with E-state index >= 15 is 0 Å². The highest BCUT2D eigenvalue weighted by atomic mass is 16.2. The minimum Gasteiger partial charge on any atom is -0.346 e. The van der Waals surface area contributed by atoms with Crippen molar-refractivity contribution in [3.8, 4) is 0 Å². The van der Waals surface area contributed by atoms with Crippen LogP contribution in [0, 0.1) is 0 Å². The number of hydrogen-bond acceptors (Lipinski definition) is 2. The third kappa shape index (κ3) is 3.35. The Balaban J connectivity index is 2.08. The SMILES string of the molecule is CCc1ccc(C(C)NC(=O)c2cc[nH]c(=O)c2)cc1. The Morgan fingerprint density at radius 3 is 2.55 bits per heavy atom. The van der Waals surface area contributed by atoms with E-state index in [4.69, 9.17) is 0 Å². The number of hydrogen-bond donors (Lipinski definition) is 2. The molecule has 2 N–H and O–H groups in total. The highest BCUT2D eigenvalue weighted by molar-refractivity contribution is 5.94. The average molecular weight is 270 g/mol. The van der Waals surface area contributed by atoms with Gasteiger partial charge >= 0.3 is 0 Å². The molecule has 0 aliphatic rings. The van der Waals surface area contributed by atoms with Gasteiger partial charge in [-0.3, -0.25) is 9.59 Å². The predicted octanol–water partition coefficient (Wildman–Crippen LogP) is 2.43. The van der Waals surface area contributed by atoms with E-state index in [0.29, 0.717) is 5.56 Å². The zero-order chi connectivity index (χ0) is 14.5. The number of pyridine rings is 1. The molecule has 1 amide bonds. The van der Waals surface area contributed by atoms with Crippen molar-refractivity contribution in [3.05, 3.63) is 69.6 Å². The number of rotatable bonds is 4.